The number of carbonyl (C=O) groups excluding carboxylic acids is 1. The molecule has 0 saturated heterocycles. The Morgan fingerprint density at radius 1 is 1.27 bits per heavy atom. The molecule has 2 aromatic heterocycles. The van der Waals surface area contributed by atoms with Crippen LogP contribution in [-0.2, 0) is 0 Å². The van der Waals surface area contributed by atoms with Gasteiger partial charge in [0.25, 0.3) is 12.3 Å². The van der Waals surface area contributed by atoms with Crippen molar-refractivity contribution in [1.82, 2.24) is 15.3 Å². The summed E-state index contributed by atoms with van der Waals surface area (Å²) in [6, 6.07) is 8.87. The molecule has 0 aliphatic heterocycles. The number of nitrogens with zero attached hydrogens (tertiary/aromatic N) is 1. The molecular formula is C19H19F2N3OS. The summed E-state index contributed by atoms with van der Waals surface area (Å²) in [6.45, 7) is 0. The number of rotatable bonds is 5. The number of carbonyl (C=O) groups is 1. The summed E-state index contributed by atoms with van der Waals surface area (Å²) in [7, 11) is 0. The molecule has 4 rings (SSSR count). The monoisotopic (exact) mass is 375 g/mol. The van der Waals surface area contributed by atoms with E-state index in [1.807, 2.05) is 11.4 Å². The molecule has 26 heavy (non-hydrogen) atoms. The Morgan fingerprint density at radius 3 is 2.77 bits per heavy atom. The van der Waals surface area contributed by atoms with Crippen molar-refractivity contribution < 1.29 is 13.6 Å². The Labute approximate surface area is 153 Å². The molecule has 1 unspecified atom stereocenters. The molecule has 2 N–H and O–H groups in total. The minimum absolute atomic E-state index is 0.000844. The van der Waals surface area contributed by atoms with Gasteiger partial charge in [0.05, 0.1) is 17.1 Å². The van der Waals surface area contributed by atoms with Crippen molar-refractivity contribution in [3.63, 3.8) is 0 Å². The molecule has 4 nitrogen and oxygen atoms in total. The zero-order valence-corrected chi connectivity index (χ0v) is 14.9. The van der Waals surface area contributed by atoms with E-state index in [-0.39, 0.29) is 17.8 Å². The second kappa shape index (κ2) is 7.15. The number of thiophene rings is 1. The highest BCUT2D eigenvalue weighted by molar-refractivity contribution is 7.10. The van der Waals surface area contributed by atoms with Gasteiger partial charge in [-0.1, -0.05) is 18.9 Å². The Balaban J connectivity index is 1.58. The van der Waals surface area contributed by atoms with E-state index in [4.69, 9.17) is 0 Å². The number of imidazole rings is 1. The van der Waals surface area contributed by atoms with Crippen LogP contribution in [0.3, 0.4) is 0 Å². The Bertz CT molecular complexity index is 901. The predicted molar refractivity (Wildman–Crippen MR) is 97.5 cm³/mol. The van der Waals surface area contributed by atoms with Crippen molar-refractivity contribution >= 4 is 28.3 Å². The number of H-pyrrole nitrogens is 1. The van der Waals surface area contributed by atoms with Crippen LogP contribution in [0.1, 0.15) is 59.2 Å². The lowest BCUT2D eigenvalue weighted by atomic mass is 9.96. The van der Waals surface area contributed by atoms with E-state index < -0.39 is 6.43 Å². The van der Waals surface area contributed by atoms with Gasteiger partial charge < -0.3 is 10.3 Å². The van der Waals surface area contributed by atoms with Gasteiger partial charge >= 0.3 is 0 Å². The van der Waals surface area contributed by atoms with Gasteiger partial charge in [-0.05, 0) is 48.4 Å². The van der Waals surface area contributed by atoms with Crippen molar-refractivity contribution in [2.24, 2.45) is 5.92 Å². The second-order valence-corrected chi connectivity index (χ2v) is 7.65. The van der Waals surface area contributed by atoms with Crippen LogP contribution in [-0.4, -0.2) is 15.9 Å². The Morgan fingerprint density at radius 2 is 2.08 bits per heavy atom. The molecule has 1 saturated carbocycles. The maximum Gasteiger partial charge on any atom is 0.295 e. The number of hydrogen-bond donors (Lipinski definition) is 2. The van der Waals surface area contributed by atoms with Gasteiger partial charge in [0.1, 0.15) is 0 Å². The normalized spacial score (nSPS) is 16.4. The summed E-state index contributed by atoms with van der Waals surface area (Å²) in [6.07, 6.45) is 1.95. The molecule has 7 heteroatoms. The summed E-state index contributed by atoms with van der Waals surface area (Å²) >= 11 is 1.65. The van der Waals surface area contributed by atoms with E-state index in [0.29, 0.717) is 22.5 Å². The molecule has 0 bridgehead atoms. The molecule has 3 aromatic rings. The number of benzene rings is 1. The summed E-state index contributed by atoms with van der Waals surface area (Å²) in [5.74, 6) is -0.121. The number of aromatic nitrogens is 2. The zero-order valence-electron chi connectivity index (χ0n) is 14.0. The predicted octanol–water partition coefficient (Wildman–Crippen LogP) is 5.22. The van der Waals surface area contributed by atoms with Crippen LogP contribution in [0.4, 0.5) is 8.78 Å². The third-order valence-electron chi connectivity index (χ3n) is 4.98. The van der Waals surface area contributed by atoms with Crippen LogP contribution in [0.25, 0.3) is 11.0 Å². The van der Waals surface area contributed by atoms with E-state index in [2.05, 4.69) is 21.4 Å². The molecule has 0 spiro atoms. The van der Waals surface area contributed by atoms with Gasteiger partial charge in [0, 0.05) is 10.4 Å². The van der Waals surface area contributed by atoms with E-state index in [1.54, 1.807) is 29.5 Å². The average molecular weight is 375 g/mol. The quantitative estimate of drug-likeness (QED) is 0.642. The number of nitrogens with one attached hydrogen (secondary N) is 2. The summed E-state index contributed by atoms with van der Waals surface area (Å²) in [5, 5.41) is 5.18. The highest BCUT2D eigenvalue weighted by atomic mass is 32.1. The maximum absolute atomic E-state index is 12.8. The van der Waals surface area contributed by atoms with E-state index in [0.717, 1.165) is 17.7 Å². The Hall–Kier alpha value is -2.28. The van der Waals surface area contributed by atoms with Crippen molar-refractivity contribution in [3.8, 4) is 0 Å². The zero-order chi connectivity index (χ0) is 18.1. The molecule has 2 heterocycles. The van der Waals surface area contributed by atoms with Crippen LogP contribution in [0, 0.1) is 5.92 Å². The maximum atomic E-state index is 12.8. The Kier molecular flexibility index (Phi) is 4.72. The lowest BCUT2D eigenvalue weighted by Crippen LogP contribution is -2.32. The summed E-state index contributed by atoms with van der Waals surface area (Å²) in [4.78, 5) is 20.4. The molecule has 1 atom stereocenters. The van der Waals surface area contributed by atoms with Crippen molar-refractivity contribution in [2.75, 3.05) is 0 Å². The molecule has 1 aromatic carbocycles. The summed E-state index contributed by atoms with van der Waals surface area (Å²) in [5.41, 5.74) is 1.32. The average Bonchev–Trinajstić information content (AvgIpc) is 3.40. The van der Waals surface area contributed by atoms with Gasteiger partial charge in [0.15, 0.2) is 5.82 Å². The highest BCUT2D eigenvalue weighted by Crippen LogP contribution is 2.37. The van der Waals surface area contributed by atoms with Crippen LogP contribution in [0.15, 0.2) is 35.7 Å². The SMILES string of the molecule is O=C(NC(c1cccs1)C1CCCC1)c1ccc2nc(C(F)F)[nH]c2c1. The molecule has 1 amide bonds. The number of aromatic amines is 1. The molecule has 0 radical (unpaired) electrons. The summed E-state index contributed by atoms with van der Waals surface area (Å²) < 4.78 is 25.6. The topological polar surface area (TPSA) is 57.8 Å². The first-order valence-electron chi connectivity index (χ1n) is 8.74. The van der Waals surface area contributed by atoms with Crippen molar-refractivity contribution in [3.05, 3.63) is 52.0 Å². The first-order valence-corrected chi connectivity index (χ1v) is 9.62. The fourth-order valence-electron chi connectivity index (χ4n) is 3.68. The third-order valence-corrected chi connectivity index (χ3v) is 5.93. The number of fused-ring (bicyclic) bond motifs is 1. The number of halogens is 2. The smallest absolute Gasteiger partial charge is 0.295 e. The van der Waals surface area contributed by atoms with Gasteiger partial charge in [0.2, 0.25) is 0 Å². The fourth-order valence-corrected chi connectivity index (χ4v) is 4.55. The fraction of sp³-hybridized carbons (Fsp3) is 0.368. The third kappa shape index (κ3) is 3.35. The van der Waals surface area contributed by atoms with Gasteiger partial charge in [-0.3, -0.25) is 4.79 Å². The second-order valence-electron chi connectivity index (χ2n) is 6.67. The van der Waals surface area contributed by atoms with Crippen molar-refractivity contribution in [2.45, 2.75) is 38.2 Å². The standard InChI is InChI=1S/C19H19F2N3OS/c20-17(21)18-22-13-8-7-12(10-14(13)23-18)19(25)24-16(11-4-1-2-5-11)15-6-3-9-26-15/h3,6-11,16-17H,1-2,4-5H2,(H,22,23)(H,24,25). The minimum Gasteiger partial charge on any atom is -0.344 e. The van der Waals surface area contributed by atoms with E-state index in [1.165, 1.54) is 12.8 Å². The van der Waals surface area contributed by atoms with Gasteiger partial charge in [-0.15, -0.1) is 11.3 Å². The van der Waals surface area contributed by atoms with Crippen LogP contribution < -0.4 is 5.32 Å². The molecule has 1 fully saturated rings. The molecule has 1 aliphatic carbocycles. The largest absolute Gasteiger partial charge is 0.344 e. The minimum atomic E-state index is -2.66. The van der Waals surface area contributed by atoms with E-state index in [9.17, 15) is 13.6 Å². The van der Waals surface area contributed by atoms with Gasteiger partial charge in [-0.2, -0.15) is 0 Å². The van der Waals surface area contributed by atoms with E-state index >= 15 is 0 Å². The lowest BCUT2D eigenvalue weighted by Gasteiger charge is -2.23. The number of alkyl halides is 2. The molecular weight excluding hydrogens is 356 g/mol. The first kappa shape index (κ1) is 17.1. The highest BCUT2D eigenvalue weighted by Gasteiger charge is 2.28. The number of hydrogen-bond acceptors (Lipinski definition) is 3. The van der Waals surface area contributed by atoms with Gasteiger partial charge in [-0.25, -0.2) is 13.8 Å². The molecule has 1 aliphatic rings. The number of amides is 1. The van der Waals surface area contributed by atoms with Crippen LogP contribution in [0.2, 0.25) is 0 Å². The van der Waals surface area contributed by atoms with Crippen LogP contribution in [0.5, 0.6) is 0 Å². The lowest BCUT2D eigenvalue weighted by molar-refractivity contribution is 0.0923. The van der Waals surface area contributed by atoms with Crippen LogP contribution >= 0.6 is 11.3 Å². The molecule has 136 valence electrons. The van der Waals surface area contributed by atoms with Crippen molar-refractivity contribution in [1.29, 1.82) is 0 Å². The first-order chi connectivity index (χ1) is 12.6.